The summed E-state index contributed by atoms with van der Waals surface area (Å²) in [5.74, 6) is 1.34. The van der Waals surface area contributed by atoms with Gasteiger partial charge in [-0.3, -0.25) is 4.68 Å². The third-order valence-electron chi connectivity index (χ3n) is 3.55. The first-order valence-electron chi connectivity index (χ1n) is 6.18. The number of aliphatic imine (C=N–C) groups is 1. The van der Waals surface area contributed by atoms with E-state index in [0.717, 1.165) is 23.7 Å². The molecule has 94 valence electrons. The van der Waals surface area contributed by atoms with Gasteiger partial charge in [-0.05, 0) is 25.7 Å². The van der Waals surface area contributed by atoms with E-state index in [-0.39, 0.29) is 0 Å². The molecule has 0 aliphatic heterocycles. The van der Waals surface area contributed by atoms with Gasteiger partial charge in [0.2, 0.25) is 0 Å². The molecule has 0 spiro atoms. The van der Waals surface area contributed by atoms with Gasteiger partial charge >= 0.3 is 0 Å². The topological polar surface area (TPSA) is 68.2 Å². The molecule has 5 nitrogen and oxygen atoms in total. The Kier molecular flexibility index (Phi) is 3.66. The highest BCUT2D eigenvalue weighted by atomic mass is 15.3. The Labute approximate surface area is 102 Å². The fourth-order valence-corrected chi connectivity index (χ4v) is 1.87. The van der Waals surface area contributed by atoms with Crippen LogP contribution in [0.15, 0.2) is 11.2 Å². The second kappa shape index (κ2) is 5.21. The third-order valence-corrected chi connectivity index (χ3v) is 3.55. The molecule has 0 atom stereocenters. The van der Waals surface area contributed by atoms with E-state index >= 15 is 0 Å². The summed E-state index contributed by atoms with van der Waals surface area (Å²) in [5.41, 5.74) is 8.08. The maximum atomic E-state index is 5.82. The molecule has 0 bridgehead atoms. The zero-order valence-corrected chi connectivity index (χ0v) is 10.6. The number of aromatic nitrogens is 2. The van der Waals surface area contributed by atoms with Crippen LogP contribution in [-0.4, -0.2) is 22.3 Å². The largest absolute Gasteiger partial charge is 0.370 e. The number of aryl methyl sites for hydroxylation is 1. The number of hydrogen-bond donors (Lipinski definition) is 2. The summed E-state index contributed by atoms with van der Waals surface area (Å²) < 4.78 is 1.85. The highest BCUT2D eigenvalue weighted by Crippen LogP contribution is 2.24. The minimum Gasteiger partial charge on any atom is -0.370 e. The first-order valence-corrected chi connectivity index (χ1v) is 6.18. The zero-order valence-electron chi connectivity index (χ0n) is 10.6. The predicted molar refractivity (Wildman–Crippen MR) is 68.6 cm³/mol. The van der Waals surface area contributed by atoms with Crippen molar-refractivity contribution in [2.24, 2.45) is 23.7 Å². The number of hydrogen-bond acceptors (Lipinski definition) is 2. The molecule has 0 radical (unpaired) electrons. The predicted octanol–water partition coefficient (Wildman–Crippen LogP) is 0.933. The van der Waals surface area contributed by atoms with Crippen molar-refractivity contribution >= 4 is 5.96 Å². The average Bonchev–Trinajstić information content (AvgIpc) is 2.55. The van der Waals surface area contributed by atoms with Crippen LogP contribution in [0, 0.1) is 12.8 Å². The third kappa shape index (κ3) is 2.99. The van der Waals surface area contributed by atoms with E-state index in [9.17, 15) is 0 Å². The van der Waals surface area contributed by atoms with Crippen LogP contribution in [0.4, 0.5) is 0 Å². The minimum absolute atomic E-state index is 0.542. The number of nitrogens with one attached hydrogen (secondary N) is 1. The molecule has 3 N–H and O–H groups in total. The van der Waals surface area contributed by atoms with Gasteiger partial charge in [0.25, 0.3) is 0 Å². The van der Waals surface area contributed by atoms with E-state index in [4.69, 9.17) is 5.73 Å². The molecule has 1 fully saturated rings. The Balaban J connectivity index is 1.80. The molecular weight excluding hydrogens is 214 g/mol. The van der Waals surface area contributed by atoms with Crippen molar-refractivity contribution in [3.8, 4) is 0 Å². The van der Waals surface area contributed by atoms with Crippen molar-refractivity contribution < 1.29 is 0 Å². The van der Waals surface area contributed by atoms with E-state index in [1.54, 1.807) is 0 Å². The van der Waals surface area contributed by atoms with Crippen molar-refractivity contribution in [2.75, 3.05) is 6.54 Å². The molecule has 0 unspecified atom stereocenters. The van der Waals surface area contributed by atoms with Gasteiger partial charge < -0.3 is 11.1 Å². The summed E-state index contributed by atoms with van der Waals surface area (Å²) in [7, 11) is 1.93. The monoisotopic (exact) mass is 235 g/mol. The molecule has 5 heteroatoms. The molecule has 0 amide bonds. The Hall–Kier alpha value is -1.52. The first-order chi connectivity index (χ1) is 8.16. The summed E-state index contributed by atoms with van der Waals surface area (Å²) in [5, 5.41) is 7.36. The minimum atomic E-state index is 0.542. The molecule has 1 aromatic rings. The summed E-state index contributed by atoms with van der Waals surface area (Å²) in [6.45, 7) is 3.60. The van der Waals surface area contributed by atoms with Crippen LogP contribution in [0.3, 0.4) is 0 Å². The maximum absolute atomic E-state index is 5.82. The van der Waals surface area contributed by atoms with E-state index in [1.807, 2.05) is 24.9 Å². The molecule has 1 aliphatic carbocycles. The lowest BCUT2D eigenvalue weighted by Crippen LogP contribution is -2.37. The average molecular weight is 235 g/mol. The van der Waals surface area contributed by atoms with Gasteiger partial charge in [0.15, 0.2) is 5.96 Å². The van der Waals surface area contributed by atoms with E-state index < -0.39 is 0 Å². The smallest absolute Gasteiger partial charge is 0.188 e. The summed E-state index contributed by atoms with van der Waals surface area (Å²) in [6, 6.07) is 0. The van der Waals surface area contributed by atoms with Crippen LogP contribution in [0.1, 0.15) is 30.5 Å². The molecule has 1 aromatic heterocycles. The van der Waals surface area contributed by atoms with Crippen molar-refractivity contribution in [1.82, 2.24) is 15.1 Å². The van der Waals surface area contributed by atoms with E-state index in [1.165, 1.54) is 19.3 Å². The van der Waals surface area contributed by atoms with Crippen molar-refractivity contribution in [2.45, 2.75) is 32.7 Å². The van der Waals surface area contributed by atoms with Gasteiger partial charge in [0.1, 0.15) is 0 Å². The van der Waals surface area contributed by atoms with Crippen molar-refractivity contribution in [3.05, 3.63) is 17.5 Å². The van der Waals surface area contributed by atoms with Gasteiger partial charge in [0.05, 0.1) is 12.7 Å². The van der Waals surface area contributed by atoms with Crippen molar-refractivity contribution in [1.29, 1.82) is 0 Å². The normalized spacial score (nSPS) is 16.9. The highest BCUT2D eigenvalue weighted by molar-refractivity contribution is 5.77. The standard InChI is InChI=1S/C12H21N5/c1-9-11(8-16-17(9)2)7-15-12(13)14-6-10-4-3-5-10/h8,10H,3-7H2,1-2H3,(H3,13,14,15). The Morgan fingerprint density at radius 2 is 2.41 bits per heavy atom. The van der Waals surface area contributed by atoms with Crippen LogP contribution in [0.25, 0.3) is 0 Å². The van der Waals surface area contributed by atoms with Crippen LogP contribution in [0.2, 0.25) is 0 Å². The highest BCUT2D eigenvalue weighted by Gasteiger charge is 2.16. The quantitative estimate of drug-likeness (QED) is 0.602. The van der Waals surface area contributed by atoms with Gasteiger partial charge in [-0.2, -0.15) is 5.10 Å². The number of rotatable bonds is 4. The summed E-state index contributed by atoms with van der Waals surface area (Å²) in [6.07, 6.45) is 5.85. The lowest BCUT2D eigenvalue weighted by atomic mass is 9.85. The molecular formula is C12H21N5. The van der Waals surface area contributed by atoms with Crippen LogP contribution in [0.5, 0.6) is 0 Å². The summed E-state index contributed by atoms with van der Waals surface area (Å²) in [4.78, 5) is 4.33. The fraction of sp³-hybridized carbons (Fsp3) is 0.667. The SMILES string of the molecule is Cc1c(CN=C(N)NCC2CCC2)cnn1C. The molecule has 0 aromatic carbocycles. The zero-order chi connectivity index (χ0) is 12.3. The van der Waals surface area contributed by atoms with E-state index in [0.29, 0.717) is 12.5 Å². The number of nitrogens with zero attached hydrogens (tertiary/aromatic N) is 3. The van der Waals surface area contributed by atoms with Gasteiger partial charge in [0, 0.05) is 24.8 Å². The van der Waals surface area contributed by atoms with Gasteiger partial charge in [-0.25, -0.2) is 4.99 Å². The molecule has 1 saturated carbocycles. The van der Waals surface area contributed by atoms with Crippen LogP contribution in [-0.2, 0) is 13.6 Å². The lowest BCUT2D eigenvalue weighted by molar-refractivity contribution is 0.315. The molecule has 1 heterocycles. The molecule has 17 heavy (non-hydrogen) atoms. The summed E-state index contributed by atoms with van der Waals surface area (Å²) >= 11 is 0. The molecule has 2 rings (SSSR count). The van der Waals surface area contributed by atoms with Gasteiger partial charge in [-0.1, -0.05) is 6.42 Å². The lowest BCUT2D eigenvalue weighted by Gasteiger charge is -2.25. The van der Waals surface area contributed by atoms with Gasteiger partial charge in [-0.15, -0.1) is 0 Å². The Bertz CT molecular complexity index is 403. The Morgan fingerprint density at radius 1 is 1.65 bits per heavy atom. The first kappa shape index (κ1) is 12.0. The van der Waals surface area contributed by atoms with Crippen LogP contribution < -0.4 is 11.1 Å². The second-order valence-corrected chi connectivity index (χ2v) is 4.76. The number of guanidine groups is 1. The Morgan fingerprint density at radius 3 is 2.94 bits per heavy atom. The van der Waals surface area contributed by atoms with Crippen LogP contribution >= 0.6 is 0 Å². The second-order valence-electron chi connectivity index (χ2n) is 4.76. The van der Waals surface area contributed by atoms with E-state index in [2.05, 4.69) is 15.4 Å². The fourth-order valence-electron chi connectivity index (χ4n) is 1.87. The van der Waals surface area contributed by atoms with Crippen molar-refractivity contribution in [3.63, 3.8) is 0 Å². The number of nitrogens with two attached hydrogens (primary N) is 1. The molecule has 0 saturated heterocycles. The molecule has 1 aliphatic rings. The maximum Gasteiger partial charge on any atom is 0.188 e.